The van der Waals surface area contributed by atoms with Crippen LogP contribution < -0.4 is 10.9 Å². The van der Waals surface area contributed by atoms with Gasteiger partial charge >= 0.3 is 0 Å². The van der Waals surface area contributed by atoms with E-state index in [2.05, 4.69) is 21.4 Å². The Kier molecular flexibility index (Phi) is 4.94. The fraction of sp³-hybridized carbons (Fsp3) is 0.143. The van der Waals surface area contributed by atoms with Crippen molar-refractivity contribution in [2.45, 2.75) is 20.4 Å². The van der Waals surface area contributed by atoms with Gasteiger partial charge in [0.05, 0.1) is 22.9 Å². The Balaban J connectivity index is 1.53. The van der Waals surface area contributed by atoms with Gasteiger partial charge in [0.25, 0.3) is 5.56 Å². The quantitative estimate of drug-likeness (QED) is 0.555. The monoisotopic (exact) mass is 408 g/mol. The number of nitrogens with one attached hydrogen (secondary N) is 1. The topological polar surface area (TPSA) is 76.9 Å². The van der Waals surface area contributed by atoms with Gasteiger partial charge in [-0.05, 0) is 43.7 Å². The number of aromatic nitrogens is 3. The molecule has 1 N–H and O–H groups in total. The second kappa shape index (κ2) is 7.56. The first-order chi connectivity index (χ1) is 13.9. The fourth-order valence-electron chi connectivity index (χ4n) is 3.02. The number of thiazole rings is 1. The smallest absolute Gasteiger partial charge is 0.261 e. The van der Waals surface area contributed by atoms with Crippen LogP contribution in [0.25, 0.3) is 22.2 Å². The lowest BCUT2D eigenvalue weighted by atomic mass is 10.0. The summed E-state index contributed by atoms with van der Waals surface area (Å²) in [5.74, 6) is -0.938. The number of benzene rings is 2. The van der Waals surface area contributed by atoms with Gasteiger partial charge in [-0.25, -0.2) is 14.4 Å². The van der Waals surface area contributed by atoms with Crippen molar-refractivity contribution in [3.05, 3.63) is 75.4 Å². The number of anilines is 1. The Hall–Kier alpha value is -3.39. The van der Waals surface area contributed by atoms with Crippen molar-refractivity contribution in [2.75, 3.05) is 5.32 Å². The first kappa shape index (κ1) is 18.9. The van der Waals surface area contributed by atoms with Crippen molar-refractivity contribution >= 4 is 33.3 Å². The molecular weight excluding hydrogens is 391 g/mol. The SMILES string of the molecule is Cc1ccc(C)c(-c2csc(NC(=O)Cn3cnc4ccc(F)cc4c3=O)n2)c1. The van der Waals surface area contributed by atoms with E-state index in [1.165, 1.54) is 29.8 Å². The molecule has 0 aliphatic rings. The van der Waals surface area contributed by atoms with Crippen molar-refractivity contribution in [1.29, 1.82) is 0 Å². The summed E-state index contributed by atoms with van der Waals surface area (Å²) in [7, 11) is 0. The molecule has 1 amide bonds. The maximum absolute atomic E-state index is 13.4. The molecule has 0 aliphatic carbocycles. The van der Waals surface area contributed by atoms with E-state index in [0.717, 1.165) is 33.0 Å². The van der Waals surface area contributed by atoms with Gasteiger partial charge in [-0.2, -0.15) is 0 Å². The summed E-state index contributed by atoms with van der Waals surface area (Å²) in [5.41, 5.74) is 3.93. The molecule has 0 unspecified atom stereocenters. The minimum Gasteiger partial charge on any atom is -0.300 e. The predicted octanol–water partition coefficient (Wildman–Crippen LogP) is 3.91. The molecular formula is C21H17FN4O2S. The molecule has 2 heterocycles. The molecule has 6 nitrogen and oxygen atoms in total. The van der Waals surface area contributed by atoms with Gasteiger partial charge in [-0.3, -0.25) is 14.2 Å². The molecule has 0 atom stereocenters. The lowest BCUT2D eigenvalue weighted by Crippen LogP contribution is -2.27. The molecule has 0 saturated heterocycles. The molecule has 4 rings (SSSR count). The summed E-state index contributed by atoms with van der Waals surface area (Å²) in [4.78, 5) is 33.5. The Labute approximate surface area is 169 Å². The zero-order chi connectivity index (χ0) is 20.5. The summed E-state index contributed by atoms with van der Waals surface area (Å²) in [6, 6.07) is 9.91. The van der Waals surface area contributed by atoms with E-state index < -0.39 is 17.3 Å². The number of carbonyl (C=O) groups excluding carboxylic acids is 1. The van der Waals surface area contributed by atoms with E-state index in [-0.39, 0.29) is 11.9 Å². The Bertz CT molecular complexity index is 1300. The number of hydrogen-bond donors (Lipinski definition) is 1. The van der Waals surface area contributed by atoms with Crippen LogP contribution in [0.2, 0.25) is 0 Å². The van der Waals surface area contributed by atoms with Gasteiger partial charge in [-0.1, -0.05) is 17.7 Å². The molecule has 0 fully saturated rings. The minimum atomic E-state index is -0.527. The Morgan fingerprint density at radius 2 is 2.03 bits per heavy atom. The second-order valence-electron chi connectivity index (χ2n) is 6.74. The van der Waals surface area contributed by atoms with Gasteiger partial charge in [0, 0.05) is 10.9 Å². The molecule has 8 heteroatoms. The van der Waals surface area contributed by atoms with Crippen LogP contribution in [0, 0.1) is 19.7 Å². The third kappa shape index (κ3) is 3.93. The van der Waals surface area contributed by atoms with Crippen molar-refractivity contribution in [1.82, 2.24) is 14.5 Å². The number of aryl methyl sites for hydroxylation is 2. The van der Waals surface area contributed by atoms with Gasteiger partial charge in [-0.15, -0.1) is 11.3 Å². The third-order valence-corrected chi connectivity index (χ3v) is 5.28. The molecule has 146 valence electrons. The molecule has 0 spiro atoms. The van der Waals surface area contributed by atoms with E-state index in [1.54, 1.807) is 0 Å². The maximum Gasteiger partial charge on any atom is 0.261 e. The molecule has 0 radical (unpaired) electrons. The molecule has 29 heavy (non-hydrogen) atoms. The fourth-order valence-corrected chi connectivity index (χ4v) is 3.75. The lowest BCUT2D eigenvalue weighted by molar-refractivity contribution is -0.116. The number of amides is 1. The van der Waals surface area contributed by atoms with Gasteiger partial charge < -0.3 is 5.32 Å². The van der Waals surface area contributed by atoms with Crippen LogP contribution in [-0.2, 0) is 11.3 Å². The number of hydrogen-bond acceptors (Lipinski definition) is 5. The highest BCUT2D eigenvalue weighted by Crippen LogP contribution is 2.28. The van der Waals surface area contributed by atoms with Gasteiger partial charge in [0.15, 0.2) is 5.13 Å². The van der Waals surface area contributed by atoms with Crippen LogP contribution in [0.15, 0.2) is 52.9 Å². The molecule has 2 aromatic heterocycles. The van der Waals surface area contributed by atoms with Crippen LogP contribution in [0.4, 0.5) is 9.52 Å². The van der Waals surface area contributed by atoms with E-state index in [0.29, 0.717) is 10.6 Å². The third-order valence-electron chi connectivity index (χ3n) is 4.52. The first-order valence-electron chi connectivity index (χ1n) is 8.88. The molecule has 4 aromatic rings. The number of nitrogens with zero attached hydrogens (tertiary/aromatic N) is 3. The number of fused-ring (bicyclic) bond motifs is 1. The molecule has 0 aliphatic heterocycles. The lowest BCUT2D eigenvalue weighted by Gasteiger charge is -2.06. The average molecular weight is 408 g/mol. The van der Waals surface area contributed by atoms with E-state index in [9.17, 15) is 14.0 Å². The van der Waals surface area contributed by atoms with Crippen molar-refractivity contribution in [3.8, 4) is 11.3 Å². The summed E-state index contributed by atoms with van der Waals surface area (Å²) in [6.45, 7) is 3.78. The Morgan fingerprint density at radius 3 is 2.86 bits per heavy atom. The van der Waals surface area contributed by atoms with Crippen LogP contribution in [0.3, 0.4) is 0 Å². The van der Waals surface area contributed by atoms with Gasteiger partial charge in [0.2, 0.25) is 5.91 Å². The van der Waals surface area contributed by atoms with E-state index in [4.69, 9.17) is 0 Å². The summed E-state index contributed by atoms with van der Waals surface area (Å²) < 4.78 is 14.6. The van der Waals surface area contributed by atoms with Crippen molar-refractivity contribution in [2.24, 2.45) is 0 Å². The van der Waals surface area contributed by atoms with Crippen LogP contribution >= 0.6 is 11.3 Å². The molecule has 2 aromatic carbocycles. The minimum absolute atomic E-state index is 0.131. The van der Waals surface area contributed by atoms with Crippen LogP contribution in [0.5, 0.6) is 0 Å². The number of carbonyl (C=O) groups is 1. The number of halogens is 1. The maximum atomic E-state index is 13.4. The molecule has 0 bridgehead atoms. The Morgan fingerprint density at radius 1 is 1.21 bits per heavy atom. The van der Waals surface area contributed by atoms with Crippen LogP contribution in [-0.4, -0.2) is 20.4 Å². The zero-order valence-electron chi connectivity index (χ0n) is 15.8. The normalized spacial score (nSPS) is 11.0. The zero-order valence-corrected chi connectivity index (χ0v) is 16.6. The van der Waals surface area contributed by atoms with Crippen LogP contribution in [0.1, 0.15) is 11.1 Å². The predicted molar refractivity (Wildman–Crippen MR) is 112 cm³/mol. The summed E-state index contributed by atoms with van der Waals surface area (Å²) >= 11 is 1.31. The highest BCUT2D eigenvalue weighted by Gasteiger charge is 2.12. The van der Waals surface area contributed by atoms with Crippen molar-refractivity contribution in [3.63, 3.8) is 0 Å². The standard InChI is InChI=1S/C21H17FN4O2S/c1-12-3-4-13(2)15(7-12)18-10-29-21(24-18)25-19(27)9-26-11-23-17-6-5-14(22)8-16(17)20(26)28/h3-8,10-11H,9H2,1-2H3,(H,24,25,27). The second-order valence-corrected chi connectivity index (χ2v) is 7.60. The van der Waals surface area contributed by atoms with Crippen molar-refractivity contribution < 1.29 is 9.18 Å². The largest absolute Gasteiger partial charge is 0.300 e. The first-order valence-corrected chi connectivity index (χ1v) is 9.76. The van der Waals surface area contributed by atoms with E-state index in [1.807, 2.05) is 31.4 Å². The average Bonchev–Trinajstić information content (AvgIpc) is 3.14. The van der Waals surface area contributed by atoms with E-state index >= 15 is 0 Å². The highest BCUT2D eigenvalue weighted by molar-refractivity contribution is 7.14. The summed E-state index contributed by atoms with van der Waals surface area (Å²) in [5, 5.41) is 5.16. The molecule has 0 saturated carbocycles. The van der Waals surface area contributed by atoms with Gasteiger partial charge in [0.1, 0.15) is 12.4 Å². The number of rotatable bonds is 4. The highest BCUT2D eigenvalue weighted by atomic mass is 32.1. The summed E-state index contributed by atoms with van der Waals surface area (Å²) in [6.07, 6.45) is 1.28.